The van der Waals surface area contributed by atoms with Crippen LogP contribution in [0.4, 0.5) is 5.69 Å². The molecule has 0 saturated heterocycles. The van der Waals surface area contributed by atoms with Crippen molar-refractivity contribution in [1.29, 1.82) is 0 Å². The number of hydrogen-bond donors (Lipinski definition) is 0. The largest absolute Gasteiger partial charge is 0.482 e. The van der Waals surface area contributed by atoms with E-state index >= 15 is 0 Å². The van der Waals surface area contributed by atoms with Crippen LogP contribution in [0.3, 0.4) is 0 Å². The Morgan fingerprint density at radius 2 is 2.17 bits per heavy atom. The smallest absolute Gasteiger partial charge is 0.265 e. The van der Waals surface area contributed by atoms with Crippen molar-refractivity contribution >= 4 is 38.9 Å². The zero-order chi connectivity index (χ0) is 21.4. The fourth-order valence-electron chi connectivity index (χ4n) is 3.49. The number of carbonyl (C=O) groups is 2. The third kappa shape index (κ3) is 3.33. The molecule has 1 unspecified atom stereocenters. The van der Waals surface area contributed by atoms with Gasteiger partial charge in [-0.3, -0.25) is 19.0 Å². The van der Waals surface area contributed by atoms with Crippen molar-refractivity contribution in [2.45, 2.75) is 26.3 Å². The van der Waals surface area contributed by atoms with Crippen molar-refractivity contribution in [3.8, 4) is 5.75 Å². The number of anilines is 1. The van der Waals surface area contributed by atoms with Crippen LogP contribution in [0.25, 0.3) is 10.2 Å². The number of ether oxygens (including phenoxy) is 1. The van der Waals surface area contributed by atoms with E-state index in [9.17, 15) is 14.4 Å². The lowest BCUT2D eigenvalue weighted by Gasteiger charge is -2.29. The van der Waals surface area contributed by atoms with Crippen LogP contribution in [0, 0.1) is 0 Å². The number of thiophene rings is 1. The minimum Gasteiger partial charge on any atom is -0.482 e. The molecular formula is C22H21N3O4S. The SMILES string of the molecule is C=CCN1C(=O)COc2ccc(C(=O)C(C)n3cnc4sc(CC)cc4c3=O)cc21. The molecule has 3 aromatic rings. The molecule has 7 nitrogen and oxygen atoms in total. The molecule has 1 amide bonds. The van der Waals surface area contributed by atoms with Gasteiger partial charge in [0.05, 0.1) is 23.4 Å². The molecule has 8 heteroatoms. The van der Waals surface area contributed by atoms with Crippen molar-refractivity contribution in [2.75, 3.05) is 18.1 Å². The molecule has 4 rings (SSSR count). The maximum Gasteiger partial charge on any atom is 0.265 e. The molecule has 1 atom stereocenters. The topological polar surface area (TPSA) is 81.5 Å². The molecule has 154 valence electrons. The Balaban J connectivity index is 1.70. The van der Waals surface area contributed by atoms with Gasteiger partial charge in [0.2, 0.25) is 0 Å². The average Bonchev–Trinajstić information content (AvgIpc) is 3.19. The monoisotopic (exact) mass is 423 g/mol. The van der Waals surface area contributed by atoms with Crippen LogP contribution >= 0.6 is 11.3 Å². The highest BCUT2D eigenvalue weighted by molar-refractivity contribution is 7.18. The quantitative estimate of drug-likeness (QED) is 0.448. The maximum atomic E-state index is 13.2. The van der Waals surface area contributed by atoms with Gasteiger partial charge in [0.25, 0.3) is 11.5 Å². The summed E-state index contributed by atoms with van der Waals surface area (Å²) in [6, 6.07) is 6.05. The van der Waals surface area contributed by atoms with Crippen LogP contribution < -0.4 is 15.2 Å². The van der Waals surface area contributed by atoms with E-state index in [-0.39, 0.29) is 23.9 Å². The number of ketones is 1. The predicted octanol–water partition coefficient (Wildman–Crippen LogP) is 3.38. The second-order valence-electron chi connectivity index (χ2n) is 7.05. The van der Waals surface area contributed by atoms with Crippen LogP contribution in [0.1, 0.15) is 35.1 Å². The van der Waals surface area contributed by atoms with E-state index < -0.39 is 6.04 Å². The lowest BCUT2D eigenvalue weighted by atomic mass is 10.0. The second-order valence-corrected chi connectivity index (χ2v) is 8.16. The number of amides is 1. The summed E-state index contributed by atoms with van der Waals surface area (Å²) in [7, 11) is 0. The van der Waals surface area contributed by atoms with E-state index in [0.29, 0.717) is 33.8 Å². The van der Waals surface area contributed by atoms with Crippen molar-refractivity contribution in [3.63, 3.8) is 0 Å². The van der Waals surface area contributed by atoms with Crippen LogP contribution in [0.5, 0.6) is 5.75 Å². The van der Waals surface area contributed by atoms with E-state index in [2.05, 4.69) is 11.6 Å². The van der Waals surface area contributed by atoms with Gasteiger partial charge in [-0.2, -0.15) is 0 Å². The van der Waals surface area contributed by atoms with E-state index in [1.165, 1.54) is 27.1 Å². The Morgan fingerprint density at radius 1 is 1.37 bits per heavy atom. The second kappa shape index (κ2) is 7.87. The van der Waals surface area contributed by atoms with Gasteiger partial charge in [0.1, 0.15) is 10.6 Å². The number of Topliss-reactive ketones (excluding diaryl/α,β-unsaturated/α-hetero) is 1. The summed E-state index contributed by atoms with van der Waals surface area (Å²) >= 11 is 1.49. The van der Waals surface area contributed by atoms with Crippen LogP contribution in [0.15, 0.2) is 48.0 Å². The Bertz CT molecular complexity index is 1230. The summed E-state index contributed by atoms with van der Waals surface area (Å²) < 4.78 is 6.83. The van der Waals surface area contributed by atoms with Gasteiger partial charge in [-0.1, -0.05) is 13.0 Å². The third-order valence-electron chi connectivity index (χ3n) is 5.17. The Morgan fingerprint density at radius 3 is 2.90 bits per heavy atom. The molecule has 3 heterocycles. The Kier molecular flexibility index (Phi) is 5.26. The zero-order valence-corrected chi connectivity index (χ0v) is 17.6. The highest BCUT2D eigenvalue weighted by Gasteiger charge is 2.27. The number of nitrogens with zero attached hydrogens (tertiary/aromatic N) is 3. The Hall–Kier alpha value is -3.26. The number of hydrogen-bond acceptors (Lipinski definition) is 6. The molecule has 1 aromatic carbocycles. The highest BCUT2D eigenvalue weighted by Crippen LogP contribution is 2.34. The van der Waals surface area contributed by atoms with Crippen molar-refractivity contribution < 1.29 is 14.3 Å². The van der Waals surface area contributed by atoms with Gasteiger partial charge in [-0.25, -0.2) is 4.98 Å². The van der Waals surface area contributed by atoms with Crippen LogP contribution in [-0.4, -0.2) is 34.4 Å². The summed E-state index contributed by atoms with van der Waals surface area (Å²) in [5, 5.41) is 0.528. The van der Waals surface area contributed by atoms with E-state index in [0.717, 1.165) is 11.3 Å². The standard InChI is InChI=1S/C22H21N3O4S/c1-4-8-24-17-9-14(6-7-18(17)29-11-19(24)26)20(27)13(3)25-12-23-21-16(22(25)28)10-15(5-2)30-21/h4,6-7,9-10,12-13H,1,5,8,11H2,2-3H3. The third-order valence-corrected chi connectivity index (χ3v) is 6.36. The molecule has 0 radical (unpaired) electrons. The van der Waals surface area contributed by atoms with E-state index in [1.807, 2.05) is 13.0 Å². The molecule has 0 fully saturated rings. The van der Waals surface area contributed by atoms with Gasteiger partial charge >= 0.3 is 0 Å². The van der Waals surface area contributed by atoms with E-state index in [1.54, 1.807) is 31.2 Å². The highest BCUT2D eigenvalue weighted by atomic mass is 32.1. The molecule has 2 aromatic heterocycles. The molecule has 0 bridgehead atoms. The minimum atomic E-state index is -0.745. The first-order valence-corrected chi connectivity index (χ1v) is 10.5. The minimum absolute atomic E-state index is 0.0496. The number of carbonyl (C=O) groups excluding carboxylic acids is 2. The predicted molar refractivity (Wildman–Crippen MR) is 117 cm³/mol. The molecule has 1 aliphatic heterocycles. The van der Waals surface area contributed by atoms with Gasteiger partial charge < -0.3 is 9.64 Å². The number of aryl methyl sites for hydroxylation is 1. The van der Waals surface area contributed by atoms with Crippen molar-refractivity contribution in [1.82, 2.24) is 9.55 Å². The fourth-order valence-corrected chi connectivity index (χ4v) is 4.41. The molecular weight excluding hydrogens is 402 g/mol. The summed E-state index contributed by atoms with van der Waals surface area (Å²) in [4.78, 5) is 46.0. The van der Waals surface area contributed by atoms with E-state index in [4.69, 9.17) is 4.74 Å². The summed E-state index contributed by atoms with van der Waals surface area (Å²) in [6.07, 6.45) is 3.88. The number of benzene rings is 1. The van der Waals surface area contributed by atoms with Crippen LogP contribution in [-0.2, 0) is 11.2 Å². The Labute approximate surface area is 177 Å². The zero-order valence-electron chi connectivity index (χ0n) is 16.8. The molecule has 0 saturated carbocycles. The lowest BCUT2D eigenvalue weighted by Crippen LogP contribution is -2.39. The van der Waals surface area contributed by atoms with Crippen molar-refractivity contribution in [2.24, 2.45) is 0 Å². The number of rotatable bonds is 6. The molecule has 0 aliphatic carbocycles. The van der Waals surface area contributed by atoms with Gasteiger partial charge in [-0.05, 0) is 37.6 Å². The first-order chi connectivity index (χ1) is 14.4. The molecule has 0 spiro atoms. The van der Waals surface area contributed by atoms with Crippen molar-refractivity contribution in [3.05, 3.63) is 64.0 Å². The van der Waals surface area contributed by atoms with Gasteiger partial charge in [0, 0.05) is 17.0 Å². The lowest BCUT2D eigenvalue weighted by molar-refractivity contribution is -0.121. The summed E-state index contributed by atoms with van der Waals surface area (Å²) in [5.74, 6) is 0.0879. The normalized spacial score (nSPS) is 14.3. The first-order valence-electron chi connectivity index (χ1n) is 9.66. The molecule has 0 N–H and O–H groups in total. The summed E-state index contributed by atoms with van der Waals surface area (Å²) in [5.41, 5.74) is 0.678. The summed E-state index contributed by atoms with van der Waals surface area (Å²) in [6.45, 7) is 7.65. The molecule has 1 aliphatic rings. The van der Waals surface area contributed by atoms with Gasteiger partial charge in [0.15, 0.2) is 12.4 Å². The molecule has 30 heavy (non-hydrogen) atoms. The van der Waals surface area contributed by atoms with Crippen LogP contribution in [0.2, 0.25) is 0 Å². The van der Waals surface area contributed by atoms with Gasteiger partial charge in [-0.15, -0.1) is 17.9 Å². The average molecular weight is 423 g/mol. The first kappa shape index (κ1) is 20.0. The number of aromatic nitrogens is 2. The maximum absolute atomic E-state index is 13.2. The number of fused-ring (bicyclic) bond motifs is 2. The fraction of sp³-hybridized carbons (Fsp3) is 0.273.